The molecule has 1 aliphatic carbocycles. The summed E-state index contributed by atoms with van der Waals surface area (Å²) in [6, 6.07) is 3.85. The number of aliphatic hydroxyl groups excluding tert-OH is 1. The van der Waals surface area contributed by atoms with Crippen LogP contribution in [0.5, 0.6) is 0 Å². The Morgan fingerprint density at radius 1 is 1.47 bits per heavy atom. The molecule has 0 aromatic carbocycles. The van der Waals surface area contributed by atoms with Gasteiger partial charge in [-0.1, -0.05) is 6.07 Å². The first-order valence-electron chi connectivity index (χ1n) is 5.58. The van der Waals surface area contributed by atoms with E-state index in [0.717, 1.165) is 31.5 Å². The summed E-state index contributed by atoms with van der Waals surface area (Å²) in [6.07, 6.45) is 5.53. The molecule has 3 rings (SSSR count). The molecule has 2 heterocycles. The largest absolute Gasteiger partial charge is 0.388 e. The monoisotopic (exact) mass is 204 g/mol. The fourth-order valence-corrected chi connectivity index (χ4v) is 2.87. The Morgan fingerprint density at radius 3 is 2.80 bits per heavy atom. The number of hydrogen-bond donors (Lipinski definition) is 2. The van der Waals surface area contributed by atoms with Gasteiger partial charge in [0.25, 0.3) is 0 Å². The molecule has 1 aromatic rings. The maximum atomic E-state index is 10.1. The van der Waals surface area contributed by atoms with Gasteiger partial charge in [0, 0.05) is 25.5 Å². The summed E-state index contributed by atoms with van der Waals surface area (Å²) in [5.41, 5.74) is 1.50. The van der Waals surface area contributed by atoms with Crippen molar-refractivity contribution < 1.29 is 5.11 Å². The van der Waals surface area contributed by atoms with Crippen molar-refractivity contribution in [3.63, 3.8) is 0 Å². The summed E-state index contributed by atoms with van der Waals surface area (Å²) >= 11 is 0. The molecular weight excluding hydrogens is 188 g/mol. The van der Waals surface area contributed by atoms with E-state index in [1.165, 1.54) is 0 Å². The van der Waals surface area contributed by atoms with Crippen molar-refractivity contribution in [2.75, 3.05) is 13.1 Å². The molecule has 2 fully saturated rings. The highest BCUT2D eigenvalue weighted by molar-refractivity contribution is 5.16. The number of nitrogens with zero attached hydrogens (tertiary/aromatic N) is 1. The lowest BCUT2D eigenvalue weighted by molar-refractivity contribution is -0.0642. The van der Waals surface area contributed by atoms with Crippen LogP contribution >= 0.6 is 0 Å². The van der Waals surface area contributed by atoms with Gasteiger partial charge in [0.2, 0.25) is 0 Å². The molecule has 3 heteroatoms. The number of hydrogen-bond acceptors (Lipinski definition) is 3. The van der Waals surface area contributed by atoms with E-state index in [-0.39, 0.29) is 6.10 Å². The van der Waals surface area contributed by atoms with Gasteiger partial charge in [-0.05, 0) is 35.8 Å². The molecular formula is C12H16N2O. The zero-order chi connectivity index (χ0) is 10.3. The Labute approximate surface area is 89.5 Å². The van der Waals surface area contributed by atoms with Gasteiger partial charge >= 0.3 is 0 Å². The van der Waals surface area contributed by atoms with Crippen molar-refractivity contribution in [1.29, 1.82) is 0 Å². The van der Waals surface area contributed by atoms with Crippen molar-refractivity contribution in [1.82, 2.24) is 10.3 Å². The number of rotatable bonds is 2. The van der Waals surface area contributed by atoms with Gasteiger partial charge in [-0.15, -0.1) is 0 Å². The van der Waals surface area contributed by atoms with E-state index in [1.807, 2.05) is 12.1 Å². The number of nitrogens with one attached hydrogen (secondary N) is 1. The van der Waals surface area contributed by atoms with E-state index >= 15 is 0 Å². The highest BCUT2D eigenvalue weighted by Gasteiger charge is 2.50. The summed E-state index contributed by atoms with van der Waals surface area (Å²) in [7, 11) is 0. The first-order chi connectivity index (χ1) is 7.29. The van der Waals surface area contributed by atoms with Crippen LogP contribution in [0.2, 0.25) is 0 Å². The van der Waals surface area contributed by atoms with Crippen molar-refractivity contribution in [3.05, 3.63) is 30.1 Å². The molecule has 15 heavy (non-hydrogen) atoms. The Hall–Kier alpha value is -0.930. The molecule has 3 nitrogen and oxygen atoms in total. The van der Waals surface area contributed by atoms with Crippen LogP contribution in [0.4, 0.5) is 0 Å². The molecule has 1 aliphatic heterocycles. The Morgan fingerprint density at radius 2 is 2.27 bits per heavy atom. The SMILES string of the molecule is OC(c1cccnc1)C1CC2(CNC2)C1. The lowest BCUT2D eigenvalue weighted by atomic mass is 9.56. The standard InChI is InChI=1S/C12H16N2O/c15-11(9-2-1-3-13-6-9)10-4-12(5-10)7-14-8-12/h1-3,6,10-11,14-15H,4-5,7-8H2. The third-order valence-corrected chi connectivity index (χ3v) is 3.86. The Bertz CT molecular complexity index is 340. The highest BCUT2D eigenvalue weighted by Crippen LogP contribution is 2.52. The average molecular weight is 204 g/mol. The molecule has 0 amide bonds. The Kier molecular flexibility index (Phi) is 2.04. The van der Waals surface area contributed by atoms with E-state index in [1.54, 1.807) is 12.4 Å². The van der Waals surface area contributed by atoms with Crippen LogP contribution in [-0.2, 0) is 0 Å². The maximum absolute atomic E-state index is 10.1. The summed E-state index contributed by atoms with van der Waals surface area (Å²) in [4.78, 5) is 4.04. The van der Waals surface area contributed by atoms with Crippen LogP contribution in [0.1, 0.15) is 24.5 Å². The predicted octanol–water partition coefficient (Wildman–Crippen LogP) is 1.11. The van der Waals surface area contributed by atoms with Crippen LogP contribution in [0, 0.1) is 11.3 Å². The zero-order valence-electron chi connectivity index (χ0n) is 8.69. The van der Waals surface area contributed by atoms with Gasteiger partial charge in [0.1, 0.15) is 0 Å². The molecule has 1 saturated heterocycles. The average Bonchev–Trinajstić information content (AvgIpc) is 2.14. The van der Waals surface area contributed by atoms with Crippen LogP contribution in [0.15, 0.2) is 24.5 Å². The molecule has 1 saturated carbocycles. The molecule has 1 aromatic heterocycles. The van der Waals surface area contributed by atoms with Gasteiger partial charge in [0.05, 0.1) is 6.10 Å². The highest BCUT2D eigenvalue weighted by atomic mass is 16.3. The first kappa shape index (κ1) is 9.31. The van der Waals surface area contributed by atoms with E-state index in [4.69, 9.17) is 0 Å². The normalized spacial score (nSPS) is 25.7. The minimum Gasteiger partial charge on any atom is -0.388 e. The third kappa shape index (κ3) is 1.46. The van der Waals surface area contributed by atoms with Crippen LogP contribution in [-0.4, -0.2) is 23.2 Å². The molecule has 0 bridgehead atoms. The van der Waals surface area contributed by atoms with Crippen LogP contribution in [0.25, 0.3) is 0 Å². The molecule has 1 unspecified atom stereocenters. The molecule has 1 spiro atoms. The summed E-state index contributed by atoms with van der Waals surface area (Å²) in [5.74, 6) is 0.441. The first-order valence-corrected chi connectivity index (χ1v) is 5.58. The fourth-order valence-electron chi connectivity index (χ4n) is 2.87. The molecule has 1 atom stereocenters. The quantitative estimate of drug-likeness (QED) is 0.758. The summed E-state index contributed by atoms with van der Waals surface area (Å²) in [6.45, 7) is 2.28. The van der Waals surface area contributed by atoms with Crippen molar-refractivity contribution in [2.24, 2.45) is 11.3 Å². The number of aliphatic hydroxyl groups is 1. The molecule has 2 aliphatic rings. The van der Waals surface area contributed by atoms with Gasteiger partial charge in [-0.25, -0.2) is 0 Å². The summed E-state index contributed by atoms with van der Waals surface area (Å²) in [5, 5.41) is 13.4. The van der Waals surface area contributed by atoms with Gasteiger partial charge in [0.15, 0.2) is 0 Å². The zero-order valence-corrected chi connectivity index (χ0v) is 8.69. The van der Waals surface area contributed by atoms with Gasteiger partial charge in [-0.3, -0.25) is 4.98 Å². The minimum atomic E-state index is -0.315. The van der Waals surface area contributed by atoms with E-state index in [0.29, 0.717) is 11.3 Å². The van der Waals surface area contributed by atoms with E-state index in [9.17, 15) is 5.11 Å². The smallest absolute Gasteiger partial charge is 0.0833 e. The second-order valence-electron chi connectivity index (χ2n) is 5.00. The molecule has 2 N–H and O–H groups in total. The second kappa shape index (κ2) is 3.29. The molecule has 80 valence electrons. The number of aromatic nitrogens is 1. The lowest BCUT2D eigenvalue weighted by Gasteiger charge is -2.55. The van der Waals surface area contributed by atoms with E-state index < -0.39 is 0 Å². The maximum Gasteiger partial charge on any atom is 0.0833 e. The summed E-state index contributed by atoms with van der Waals surface area (Å²) < 4.78 is 0. The fraction of sp³-hybridized carbons (Fsp3) is 0.583. The number of pyridine rings is 1. The van der Waals surface area contributed by atoms with Crippen LogP contribution in [0.3, 0.4) is 0 Å². The van der Waals surface area contributed by atoms with Crippen molar-refractivity contribution >= 4 is 0 Å². The predicted molar refractivity (Wildman–Crippen MR) is 57.2 cm³/mol. The van der Waals surface area contributed by atoms with Crippen LogP contribution < -0.4 is 5.32 Å². The topological polar surface area (TPSA) is 45.2 Å². The van der Waals surface area contributed by atoms with Gasteiger partial charge < -0.3 is 10.4 Å². The lowest BCUT2D eigenvalue weighted by Crippen LogP contribution is -2.60. The van der Waals surface area contributed by atoms with Crippen molar-refractivity contribution in [3.8, 4) is 0 Å². The van der Waals surface area contributed by atoms with Crippen molar-refractivity contribution in [2.45, 2.75) is 18.9 Å². The second-order valence-corrected chi connectivity index (χ2v) is 5.00. The minimum absolute atomic E-state index is 0.315. The van der Waals surface area contributed by atoms with Gasteiger partial charge in [-0.2, -0.15) is 0 Å². The Balaban J connectivity index is 1.65. The van der Waals surface area contributed by atoms with E-state index in [2.05, 4.69) is 10.3 Å². The molecule has 0 radical (unpaired) electrons. The third-order valence-electron chi connectivity index (χ3n) is 3.86.